The molecule has 0 saturated heterocycles. The van der Waals surface area contributed by atoms with Crippen molar-refractivity contribution in [2.45, 2.75) is 18.7 Å². The van der Waals surface area contributed by atoms with Crippen molar-refractivity contribution in [3.8, 4) is 11.5 Å². The molecule has 0 saturated carbocycles. The molecule has 15 heavy (non-hydrogen) atoms. The minimum atomic E-state index is -0.293. The normalized spacial score (nSPS) is 12.2. The van der Waals surface area contributed by atoms with Crippen molar-refractivity contribution in [1.29, 1.82) is 0 Å². The summed E-state index contributed by atoms with van der Waals surface area (Å²) >= 11 is 3.20. The number of rotatable bonds is 4. The second kappa shape index (κ2) is 5.16. The summed E-state index contributed by atoms with van der Waals surface area (Å²) in [6.07, 6.45) is 0. The van der Waals surface area contributed by atoms with Crippen LogP contribution < -0.4 is 4.74 Å². The summed E-state index contributed by atoms with van der Waals surface area (Å²) in [4.78, 5) is 11.5. The molecular formula is C11H13BrO3. The van der Waals surface area contributed by atoms with Gasteiger partial charge in [-0.2, -0.15) is 0 Å². The molecule has 0 radical (unpaired) electrons. The molecule has 1 unspecified atom stereocenters. The smallest absolute Gasteiger partial charge is 0.180 e. The maximum Gasteiger partial charge on any atom is 0.180 e. The molecule has 82 valence electrons. The van der Waals surface area contributed by atoms with Crippen LogP contribution in [0.2, 0.25) is 0 Å². The first-order chi connectivity index (χ1) is 7.06. The van der Waals surface area contributed by atoms with Crippen molar-refractivity contribution in [2.75, 3.05) is 6.61 Å². The van der Waals surface area contributed by atoms with Gasteiger partial charge in [-0.15, -0.1) is 0 Å². The summed E-state index contributed by atoms with van der Waals surface area (Å²) in [5.41, 5.74) is 0.404. The lowest BCUT2D eigenvalue weighted by atomic mass is 10.1. The number of carbonyl (C=O) groups is 1. The number of alkyl halides is 1. The Morgan fingerprint density at radius 2 is 2.27 bits per heavy atom. The molecule has 1 atom stereocenters. The molecular weight excluding hydrogens is 260 g/mol. The average molecular weight is 273 g/mol. The van der Waals surface area contributed by atoms with Gasteiger partial charge in [-0.05, 0) is 32.0 Å². The number of halogens is 1. The zero-order valence-electron chi connectivity index (χ0n) is 8.66. The SMILES string of the molecule is CCOc1ccc(O)cc1C(=O)C(C)Br. The highest BCUT2D eigenvalue weighted by molar-refractivity contribution is 9.10. The fourth-order valence-corrected chi connectivity index (χ4v) is 1.45. The fraction of sp³-hybridized carbons (Fsp3) is 0.364. The van der Waals surface area contributed by atoms with Crippen molar-refractivity contribution in [3.05, 3.63) is 23.8 Å². The van der Waals surface area contributed by atoms with E-state index in [9.17, 15) is 9.90 Å². The molecule has 0 spiro atoms. The summed E-state index contributed by atoms with van der Waals surface area (Å²) in [6.45, 7) is 4.07. The minimum absolute atomic E-state index is 0.0648. The zero-order chi connectivity index (χ0) is 11.4. The fourth-order valence-electron chi connectivity index (χ4n) is 1.21. The Morgan fingerprint density at radius 3 is 2.80 bits per heavy atom. The molecule has 0 bridgehead atoms. The maximum absolute atomic E-state index is 11.8. The van der Waals surface area contributed by atoms with E-state index in [2.05, 4.69) is 15.9 Å². The van der Waals surface area contributed by atoms with Gasteiger partial charge in [-0.25, -0.2) is 0 Å². The van der Waals surface area contributed by atoms with Crippen molar-refractivity contribution in [1.82, 2.24) is 0 Å². The van der Waals surface area contributed by atoms with Gasteiger partial charge in [0, 0.05) is 0 Å². The van der Waals surface area contributed by atoms with E-state index in [1.807, 2.05) is 6.92 Å². The predicted octanol–water partition coefficient (Wildman–Crippen LogP) is 2.76. The molecule has 0 aliphatic carbocycles. The minimum Gasteiger partial charge on any atom is -0.508 e. The molecule has 1 rings (SSSR count). The molecule has 0 aliphatic heterocycles. The van der Waals surface area contributed by atoms with Crippen LogP contribution in [0.1, 0.15) is 24.2 Å². The molecule has 1 aromatic rings. The molecule has 0 fully saturated rings. The summed E-state index contributed by atoms with van der Waals surface area (Å²) < 4.78 is 5.31. The van der Waals surface area contributed by atoms with E-state index in [-0.39, 0.29) is 16.4 Å². The van der Waals surface area contributed by atoms with Crippen molar-refractivity contribution < 1.29 is 14.6 Å². The van der Waals surface area contributed by atoms with Crippen LogP contribution in [0.25, 0.3) is 0 Å². The standard InChI is InChI=1S/C11H13BrO3/c1-3-15-10-5-4-8(13)6-9(10)11(14)7(2)12/h4-7,13H,3H2,1-2H3. The first-order valence-electron chi connectivity index (χ1n) is 4.70. The van der Waals surface area contributed by atoms with Crippen molar-refractivity contribution in [2.24, 2.45) is 0 Å². The number of aromatic hydroxyl groups is 1. The lowest BCUT2D eigenvalue weighted by Crippen LogP contribution is -2.12. The van der Waals surface area contributed by atoms with Gasteiger partial charge in [0.15, 0.2) is 5.78 Å². The molecule has 1 N–H and O–H groups in total. The molecule has 0 amide bonds. The Hall–Kier alpha value is -1.03. The third-order valence-corrected chi connectivity index (χ3v) is 2.31. The van der Waals surface area contributed by atoms with Gasteiger partial charge in [-0.3, -0.25) is 4.79 Å². The third-order valence-electron chi connectivity index (χ3n) is 1.89. The molecule has 0 heterocycles. The van der Waals surface area contributed by atoms with Gasteiger partial charge >= 0.3 is 0 Å². The molecule has 3 nitrogen and oxygen atoms in total. The van der Waals surface area contributed by atoms with E-state index < -0.39 is 0 Å². The number of ether oxygens (including phenoxy) is 1. The number of Topliss-reactive ketones (excluding diaryl/α,β-unsaturated/α-hetero) is 1. The second-order valence-corrected chi connectivity index (χ2v) is 4.47. The Kier molecular flexibility index (Phi) is 4.15. The second-order valence-electron chi connectivity index (χ2n) is 3.09. The van der Waals surface area contributed by atoms with Crippen LogP contribution in [0.4, 0.5) is 0 Å². The number of hydrogen-bond acceptors (Lipinski definition) is 3. The Bertz CT molecular complexity index is 361. The largest absolute Gasteiger partial charge is 0.508 e. The Morgan fingerprint density at radius 1 is 1.60 bits per heavy atom. The number of hydrogen-bond donors (Lipinski definition) is 1. The lowest BCUT2D eigenvalue weighted by Gasteiger charge is -2.10. The number of phenolic OH excluding ortho intramolecular Hbond substituents is 1. The number of benzene rings is 1. The van der Waals surface area contributed by atoms with Crippen LogP contribution in [-0.4, -0.2) is 22.3 Å². The van der Waals surface area contributed by atoms with Gasteiger partial charge in [-0.1, -0.05) is 15.9 Å². The van der Waals surface area contributed by atoms with Crippen molar-refractivity contribution in [3.63, 3.8) is 0 Å². The van der Waals surface area contributed by atoms with Crippen LogP contribution in [0.15, 0.2) is 18.2 Å². The van der Waals surface area contributed by atoms with E-state index in [0.29, 0.717) is 17.9 Å². The quantitative estimate of drug-likeness (QED) is 0.677. The van der Waals surface area contributed by atoms with Crippen LogP contribution >= 0.6 is 15.9 Å². The summed E-state index contributed by atoms with van der Waals surface area (Å²) in [5.74, 6) is 0.468. The highest BCUT2D eigenvalue weighted by Crippen LogP contribution is 2.26. The van der Waals surface area contributed by atoms with E-state index in [4.69, 9.17) is 4.74 Å². The average Bonchev–Trinajstić information content (AvgIpc) is 2.20. The maximum atomic E-state index is 11.8. The zero-order valence-corrected chi connectivity index (χ0v) is 10.2. The summed E-state index contributed by atoms with van der Waals surface area (Å²) in [5, 5.41) is 9.31. The lowest BCUT2D eigenvalue weighted by molar-refractivity contribution is 0.0991. The number of ketones is 1. The Balaban J connectivity index is 3.12. The molecule has 0 aliphatic rings. The van der Waals surface area contributed by atoms with E-state index >= 15 is 0 Å². The van der Waals surface area contributed by atoms with Gasteiger partial charge in [0.25, 0.3) is 0 Å². The first-order valence-corrected chi connectivity index (χ1v) is 5.62. The van der Waals surface area contributed by atoms with Gasteiger partial charge in [0.05, 0.1) is 17.0 Å². The summed E-state index contributed by atoms with van der Waals surface area (Å²) in [7, 11) is 0. The van der Waals surface area contributed by atoms with Gasteiger partial charge in [0.1, 0.15) is 11.5 Å². The molecule has 1 aromatic carbocycles. The topological polar surface area (TPSA) is 46.5 Å². The Labute approximate surface area is 97.2 Å². The van der Waals surface area contributed by atoms with Gasteiger partial charge < -0.3 is 9.84 Å². The van der Waals surface area contributed by atoms with Crippen LogP contribution in [0.5, 0.6) is 11.5 Å². The molecule has 4 heteroatoms. The first kappa shape index (κ1) is 12.0. The number of phenols is 1. The predicted molar refractivity (Wildman–Crippen MR) is 62.0 cm³/mol. The number of carbonyl (C=O) groups excluding carboxylic acids is 1. The van der Waals surface area contributed by atoms with Crippen molar-refractivity contribution >= 4 is 21.7 Å². The van der Waals surface area contributed by atoms with E-state index in [1.165, 1.54) is 12.1 Å². The van der Waals surface area contributed by atoms with Gasteiger partial charge in [0.2, 0.25) is 0 Å². The summed E-state index contributed by atoms with van der Waals surface area (Å²) in [6, 6.07) is 4.52. The van der Waals surface area contributed by atoms with Crippen LogP contribution in [-0.2, 0) is 0 Å². The van der Waals surface area contributed by atoms with E-state index in [1.54, 1.807) is 13.0 Å². The van der Waals surface area contributed by atoms with Crippen LogP contribution in [0, 0.1) is 0 Å². The third kappa shape index (κ3) is 2.96. The molecule has 0 aromatic heterocycles. The van der Waals surface area contributed by atoms with E-state index in [0.717, 1.165) is 0 Å². The highest BCUT2D eigenvalue weighted by atomic mass is 79.9. The highest BCUT2D eigenvalue weighted by Gasteiger charge is 2.17. The van der Waals surface area contributed by atoms with Crippen LogP contribution in [0.3, 0.4) is 0 Å². The monoisotopic (exact) mass is 272 g/mol.